The van der Waals surface area contributed by atoms with E-state index < -0.39 is 0 Å². The molecule has 0 aliphatic carbocycles. The van der Waals surface area contributed by atoms with Crippen molar-refractivity contribution in [2.45, 2.75) is 32.8 Å². The molecule has 5 heteroatoms. The number of aryl methyl sites for hydroxylation is 1. The van der Waals surface area contributed by atoms with Crippen LogP contribution in [0.1, 0.15) is 25.8 Å². The predicted octanol–water partition coefficient (Wildman–Crippen LogP) is 2.49. The third-order valence-electron chi connectivity index (χ3n) is 3.46. The number of ether oxygens (including phenoxy) is 1. The van der Waals surface area contributed by atoms with Gasteiger partial charge in [0.05, 0.1) is 6.10 Å². The van der Waals surface area contributed by atoms with Gasteiger partial charge in [-0.25, -0.2) is 0 Å². The summed E-state index contributed by atoms with van der Waals surface area (Å²) in [4.78, 5) is 14.1. The quantitative estimate of drug-likeness (QED) is 0.908. The van der Waals surface area contributed by atoms with Gasteiger partial charge in [-0.3, -0.25) is 4.79 Å². The molecule has 0 saturated carbocycles. The van der Waals surface area contributed by atoms with Gasteiger partial charge in [-0.05, 0) is 44.0 Å². The van der Waals surface area contributed by atoms with Gasteiger partial charge < -0.3 is 15.0 Å². The Labute approximate surface area is 131 Å². The molecule has 0 atom stereocenters. The Hall–Kier alpha value is -1.26. The van der Waals surface area contributed by atoms with Crippen molar-refractivity contribution >= 4 is 17.5 Å². The SMILES string of the molecule is CC(C)Oc1ccc(Cl)cc1CCC(=O)N1CCNCC1. The number of carbonyl (C=O) groups is 1. The largest absolute Gasteiger partial charge is 0.491 e. The number of benzene rings is 1. The second-order valence-corrected chi connectivity index (χ2v) is 5.99. The molecule has 116 valence electrons. The maximum Gasteiger partial charge on any atom is 0.222 e. The van der Waals surface area contributed by atoms with Gasteiger partial charge >= 0.3 is 0 Å². The third-order valence-corrected chi connectivity index (χ3v) is 3.70. The first-order valence-corrected chi connectivity index (χ1v) is 7.87. The number of hydrogen-bond donors (Lipinski definition) is 1. The van der Waals surface area contributed by atoms with Gasteiger partial charge in [-0.15, -0.1) is 0 Å². The molecule has 2 rings (SSSR count). The first-order chi connectivity index (χ1) is 10.1. The lowest BCUT2D eigenvalue weighted by atomic mass is 10.1. The van der Waals surface area contributed by atoms with E-state index in [0.717, 1.165) is 37.5 Å². The van der Waals surface area contributed by atoms with Crippen LogP contribution < -0.4 is 10.1 Å². The fourth-order valence-corrected chi connectivity index (χ4v) is 2.62. The molecule has 0 aromatic heterocycles. The highest BCUT2D eigenvalue weighted by Crippen LogP contribution is 2.25. The molecule has 0 bridgehead atoms. The van der Waals surface area contributed by atoms with Crippen molar-refractivity contribution in [3.05, 3.63) is 28.8 Å². The molecule has 1 fully saturated rings. The molecule has 1 amide bonds. The Bertz CT molecular complexity index is 485. The topological polar surface area (TPSA) is 41.6 Å². The number of rotatable bonds is 5. The highest BCUT2D eigenvalue weighted by Gasteiger charge is 2.17. The molecule has 0 unspecified atom stereocenters. The fourth-order valence-electron chi connectivity index (χ4n) is 2.43. The smallest absolute Gasteiger partial charge is 0.222 e. The maximum absolute atomic E-state index is 12.2. The van der Waals surface area contributed by atoms with Crippen molar-refractivity contribution in [3.8, 4) is 5.75 Å². The van der Waals surface area contributed by atoms with Crippen LogP contribution in [0.25, 0.3) is 0 Å². The number of carbonyl (C=O) groups excluding carboxylic acids is 1. The summed E-state index contributed by atoms with van der Waals surface area (Å²) in [5.41, 5.74) is 1.000. The average molecular weight is 311 g/mol. The Morgan fingerprint density at radius 1 is 1.38 bits per heavy atom. The monoisotopic (exact) mass is 310 g/mol. The Morgan fingerprint density at radius 3 is 2.76 bits per heavy atom. The first-order valence-electron chi connectivity index (χ1n) is 7.50. The van der Waals surface area contributed by atoms with Crippen LogP contribution in [0.15, 0.2) is 18.2 Å². The molecule has 1 aromatic carbocycles. The summed E-state index contributed by atoms with van der Waals surface area (Å²) in [6, 6.07) is 5.60. The van der Waals surface area contributed by atoms with E-state index >= 15 is 0 Å². The van der Waals surface area contributed by atoms with Gasteiger partial charge in [0.15, 0.2) is 0 Å². The van der Waals surface area contributed by atoms with E-state index in [1.165, 1.54) is 0 Å². The summed E-state index contributed by atoms with van der Waals surface area (Å²) in [6.45, 7) is 7.33. The van der Waals surface area contributed by atoms with Gasteiger partial charge in [0.25, 0.3) is 0 Å². The summed E-state index contributed by atoms with van der Waals surface area (Å²) in [7, 11) is 0. The molecule has 0 radical (unpaired) electrons. The summed E-state index contributed by atoms with van der Waals surface area (Å²) in [5.74, 6) is 1.02. The lowest BCUT2D eigenvalue weighted by Gasteiger charge is -2.27. The van der Waals surface area contributed by atoms with Crippen molar-refractivity contribution in [1.82, 2.24) is 10.2 Å². The number of hydrogen-bond acceptors (Lipinski definition) is 3. The van der Waals surface area contributed by atoms with Gasteiger partial charge in [0, 0.05) is 37.6 Å². The molecule has 1 saturated heterocycles. The normalized spacial score (nSPS) is 15.3. The van der Waals surface area contributed by atoms with E-state index in [0.29, 0.717) is 17.9 Å². The minimum atomic E-state index is 0.105. The molecule has 21 heavy (non-hydrogen) atoms. The van der Waals surface area contributed by atoms with Gasteiger partial charge in [0.2, 0.25) is 5.91 Å². The molecule has 0 spiro atoms. The van der Waals surface area contributed by atoms with Crippen LogP contribution in [-0.4, -0.2) is 43.1 Å². The number of halogens is 1. The first kappa shape index (κ1) is 16.1. The van der Waals surface area contributed by atoms with E-state index in [1.54, 1.807) is 0 Å². The molecule has 1 aliphatic heterocycles. The lowest BCUT2D eigenvalue weighted by Crippen LogP contribution is -2.46. The molecular formula is C16H23ClN2O2. The minimum absolute atomic E-state index is 0.105. The predicted molar refractivity (Wildman–Crippen MR) is 85.0 cm³/mol. The van der Waals surface area contributed by atoms with Crippen molar-refractivity contribution in [1.29, 1.82) is 0 Å². The maximum atomic E-state index is 12.2. The Balaban J connectivity index is 1.97. The molecular weight excluding hydrogens is 288 g/mol. The molecule has 1 aromatic rings. The zero-order chi connectivity index (χ0) is 15.2. The average Bonchev–Trinajstić information content (AvgIpc) is 2.47. The number of piperazine rings is 1. The van der Waals surface area contributed by atoms with Crippen molar-refractivity contribution in [2.75, 3.05) is 26.2 Å². The van der Waals surface area contributed by atoms with Crippen LogP contribution >= 0.6 is 11.6 Å². The van der Waals surface area contributed by atoms with Crippen LogP contribution in [0.5, 0.6) is 5.75 Å². The van der Waals surface area contributed by atoms with Crippen LogP contribution in [0.4, 0.5) is 0 Å². The second kappa shape index (κ2) is 7.66. The van der Waals surface area contributed by atoms with Crippen molar-refractivity contribution in [3.63, 3.8) is 0 Å². The number of amides is 1. The number of nitrogens with zero attached hydrogens (tertiary/aromatic N) is 1. The standard InChI is InChI=1S/C16H23ClN2O2/c1-12(2)21-15-5-4-14(17)11-13(15)3-6-16(20)19-9-7-18-8-10-19/h4-5,11-12,18H,3,6-10H2,1-2H3. The minimum Gasteiger partial charge on any atom is -0.491 e. The summed E-state index contributed by atoms with van der Waals surface area (Å²) in [6.07, 6.45) is 1.26. The molecule has 4 nitrogen and oxygen atoms in total. The van der Waals surface area contributed by atoms with Gasteiger partial charge in [-0.2, -0.15) is 0 Å². The van der Waals surface area contributed by atoms with Gasteiger partial charge in [-0.1, -0.05) is 11.6 Å². The van der Waals surface area contributed by atoms with Crippen LogP contribution in [0, 0.1) is 0 Å². The molecule has 1 N–H and O–H groups in total. The molecule has 1 heterocycles. The Morgan fingerprint density at radius 2 is 2.10 bits per heavy atom. The van der Waals surface area contributed by atoms with E-state index in [4.69, 9.17) is 16.3 Å². The van der Waals surface area contributed by atoms with Crippen LogP contribution in [0.2, 0.25) is 5.02 Å². The van der Waals surface area contributed by atoms with Gasteiger partial charge in [0.1, 0.15) is 5.75 Å². The lowest BCUT2D eigenvalue weighted by molar-refractivity contribution is -0.131. The zero-order valence-corrected chi connectivity index (χ0v) is 13.4. The van der Waals surface area contributed by atoms with Crippen molar-refractivity contribution in [2.24, 2.45) is 0 Å². The van der Waals surface area contributed by atoms with Crippen molar-refractivity contribution < 1.29 is 9.53 Å². The molecule has 1 aliphatic rings. The number of nitrogens with one attached hydrogen (secondary N) is 1. The van der Waals surface area contributed by atoms with E-state index in [-0.39, 0.29) is 12.0 Å². The van der Waals surface area contributed by atoms with Crippen LogP contribution in [-0.2, 0) is 11.2 Å². The Kier molecular flexibility index (Phi) is 5.88. The van der Waals surface area contributed by atoms with E-state index in [9.17, 15) is 4.79 Å². The van der Waals surface area contributed by atoms with Crippen LogP contribution in [0.3, 0.4) is 0 Å². The summed E-state index contributed by atoms with van der Waals surface area (Å²) in [5, 5.41) is 3.93. The highest BCUT2D eigenvalue weighted by molar-refractivity contribution is 6.30. The summed E-state index contributed by atoms with van der Waals surface area (Å²) < 4.78 is 5.78. The third kappa shape index (κ3) is 4.90. The second-order valence-electron chi connectivity index (χ2n) is 5.55. The fraction of sp³-hybridized carbons (Fsp3) is 0.562. The van der Waals surface area contributed by atoms with E-state index in [2.05, 4.69) is 5.32 Å². The zero-order valence-electron chi connectivity index (χ0n) is 12.7. The summed E-state index contributed by atoms with van der Waals surface area (Å²) >= 11 is 6.06. The highest BCUT2D eigenvalue weighted by atomic mass is 35.5. The van der Waals surface area contributed by atoms with E-state index in [1.807, 2.05) is 36.9 Å².